The van der Waals surface area contributed by atoms with Gasteiger partial charge in [0.2, 0.25) is 0 Å². The summed E-state index contributed by atoms with van der Waals surface area (Å²) in [7, 11) is 0. The van der Waals surface area contributed by atoms with Crippen LogP contribution in [0.4, 0.5) is 4.39 Å². The average molecular weight is 299 g/mol. The Bertz CT molecular complexity index is 673. The molecule has 1 aliphatic carbocycles. The van der Waals surface area contributed by atoms with Gasteiger partial charge in [-0.3, -0.25) is 0 Å². The minimum atomic E-state index is -0.254. The lowest BCUT2D eigenvalue weighted by atomic mass is 9.63. The van der Waals surface area contributed by atoms with Crippen LogP contribution in [0.1, 0.15) is 62.2 Å². The van der Waals surface area contributed by atoms with E-state index in [2.05, 4.69) is 14.8 Å². The molecular weight excluding hydrogens is 277 g/mol. The molecule has 1 aromatic heterocycles. The van der Waals surface area contributed by atoms with Gasteiger partial charge in [-0.1, -0.05) is 37.5 Å². The van der Waals surface area contributed by atoms with Crippen molar-refractivity contribution in [1.29, 1.82) is 0 Å². The molecule has 0 spiro atoms. The summed E-state index contributed by atoms with van der Waals surface area (Å²) in [5.41, 5.74) is 0.550. The van der Waals surface area contributed by atoms with Crippen molar-refractivity contribution in [2.24, 2.45) is 0 Å². The monoisotopic (exact) mass is 299 g/mol. The number of halogens is 1. The van der Waals surface area contributed by atoms with Crippen molar-refractivity contribution in [3.63, 3.8) is 0 Å². The van der Waals surface area contributed by atoms with Crippen LogP contribution in [0.5, 0.6) is 0 Å². The van der Waals surface area contributed by atoms with Crippen LogP contribution in [0, 0.1) is 5.82 Å². The van der Waals surface area contributed by atoms with Gasteiger partial charge in [0.1, 0.15) is 17.5 Å². The van der Waals surface area contributed by atoms with Crippen LogP contribution in [0.2, 0.25) is 0 Å². The summed E-state index contributed by atoms with van der Waals surface area (Å²) in [6.07, 6.45) is 9.00. The smallest absolute Gasteiger partial charge is 0.143 e. The molecule has 0 atom stereocenters. The molecule has 0 N–H and O–H groups in total. The maximum absolute atomic E-state index is 14.4. The first-order chi connectivity index (χ1) is 10.8. The molecule has 22 heavy (non-hydrogen) atoms. The van der Waals surface area contributed by atoms with Gasteiger partial charge >= 0.3 is 0 Å². The fourth-order valence-electron chi connectivity index (χ4n) is 4.01. The van der Waals surface area contributed by atoms with Crippen molar-refractivity contribution >= 4 is 0 Å². The minimum absolute atomic E-state index is 0.106. The van der Waals surface area contributed by atoms with Crippen molar-refractivity contribution in [2.75, 3.05) is 0 Å². The van der Waals surface area contributed by atoms with Gasteiger partial charge in [0, 0.05) is 18.5 Å². The lowest BCUT2D eigenvalue weighted by Gasteiger charge is -2.41. The number of aryl methyl sites for hydroxylation is 1. The highest BCUT2D eigenvalue weighted by molar-refractivity contribution is 5.37. The number of aromatic nitrogens is 3. The molecule has 1 saturated carbocycles. The van der Waals surface area contributed by atoms with E-state index in [0.29, 0.717) is 0 Å². The third-order valence-corrected chi connectivity index (χ3v) is 5.38. The number of hydrogen-bond donors (Lipinski definition) is 0. The Hall–Kier alpha value is -1.71. The van der Waals surface area contributed by atoms with E-state index in [4.69, 9.17) is 0 Å². The maximum atomic E-state index is 14.4. The number of rotatable bonds is 2. The van der Waals surface area contributed by atoms with Gasteiger partial charge in [-0.2, -0.15) is 0 Å². The van der Waals surface area contributed by atoms with E-state index < -0.39 is 0 Å². The van der Waals surface area contributed by atoms with Gasteiger partial charge in [0.15, 0.2) is 0 Å². The Labute approximate surface area is 130 Å². The predicted octanol–water partition coefficient (Wildman–Crippen LogP) is 4.00. The minimum Gasteiger partial charge on any atom is -0.314 e. The molecule has 4 heteroatoms. The molecule has 3 nitrogen and oxygen atoms in total. The summed E-state index contributed by atoms with van der Waals surface area (Å²) in [4.78, 5) is 0. The summed E-state index contributed by atoms with van der Waals surface area (Å²) in [6.45, 7) is 0.980. The van der Waals surface area contributed by atoms with Crippen molar-refractivity contribution in [2.45, 2.75) is 63.3 Å². The van der Waals surface area contributed by atoms with Crippen LogP contribution in [0.3, 0.4) is 0 Å². The number of benzene rings is 1. The fourth-order valence-corrected chi connectivity index (χ4v) is 4.01. The van der Waals surface area contributed by atoms with Crippen LogP contribution >= 0.6 is 0 Å². The fraction of sp³-hybridized carbons (Fsp3) is 0.556. The van der Waals surface area contributed by atoms with Crippen LogP contribution < -0.4 is 0 Å². The maximum Gasteiger partial charge on any atom is 0.143 e. The zero-order valence-electron chi connectivity index (χ0n) is 12.9. The second-order valence-electron chi connectivity index (χ2n) is 6.67. The number of fused-ring (bicyclic) bond motifs is 1. The van der Waals surface area contributed by atoms with Crippen molar-refractivity contribution in [3.05, 3.63) is 47.3 Å². The molecule has 1 aromatic carbocycles. The molecule has 0 radical (unpaired) electrons. The quantitative estimate of drug-likeness (QED) is 0.839. The van der Waals surface area contributed by atoms with Crippen molar-refractivity contribution in [3.8, 4) is 0 Å². The highest BCUT2D eigenvalue weighted by Crippen LogP contribution is 2.49. The zero-order valence-corrected chi connectivity index (χ0v) is 12.9. The van der Waals surface area contributed by atoms with Gasteiger partial charge < -0.3 is 4.57 Å². The molecule has 0 bridgehead atoms. The third kappa shape index (κ3) is 2.08. The molecule has 2 heterocycles. The van der Waals surface area contributed by atoms with E-state index in [1.54, 1.807) is 12.1 Å². The van der Waals surface area contributed by atoms with Gasteiger partial charge in [-0.25, -0.2) is 4.39 Å². The van der Waals surface area contributed by atoms with E-state index in [1.807, 2.05) is 12.1 Å². The summed E-state index contributed by atoms with van der Waals surface area (Å²) in [5.74, 6) is 1.99. The summed E-state index contributed by atoms with van der Waals surface area (Å²) >= 11 is 0. The molecule has 1 aliphatic heterocycles. The molecule has 2 aromatic rings. The molecule has 0 unspecified atom stereocenters. The van der Waals surface area contributed by atoms with Gasteiger partial charge in [-0.05, 0) is 31.7 Å². The normalized spacial score (nSPS) is 20.6. The van der Waals surface area contributed by atoms with Crippen LogP contribution in [-0.2, 0) is 18.4 Å². The molecule has 0 saturated heterocycles. The van der Waals surface area contributed by atoms with E-state index in [9.17, 15) is 4.39 Å². The standard InChI is InChI=1S/C18H22FN3/c19-15-9-5-4-8-14(15)18(11-7-12-18)17-21-20-16-10-3-1-2-6-13-22(16)17/h4-5,8-9H,1-3,6-7,10-13H2. The molecule has 4 rings (SSSR count). The molecule has 116 valence electrons. The molecule has 0 amide bonds. The van der Waals surface area contributed by atoms with Gasteiger partial charge in [0.25, 0.3) is 0 Å². The van der Waals surface area contributed by atoms with E-state index in [0.717, 1.165) is 49.4 Å². The summed E-state index contributed by atoms with van der Waals surface area (Å²) in [6, 6.07) is 7.20. The predicted molar refractivity (Wildman–Crippen MR) is 83.2 cm³/mol. The number of nitrogens with zero attached hydrogens (tertiary/aromatic N) is 3. The Morgan fingerprint density at radius 3 is 2.55 bits per heavy atom. The van der Waals surface area contributed by atoms with Gasteiger partial charge in [0.05, 0.1) is 5.41 Å². The highest BCUT2D eigenvalue weighted by Gasteiger charge is 2.46. The second-order valence-corrected chi connectivity index (χ2v) is 6.67. The SMILES string of the molecule is Fc1ccccc1C1(c2nnc3n2CCCCCC3)CCC1. The van der Waals surface area contributed by atoms with Crippen LogP contribution in [0.25, 0.3) is 0 Å². The van der Waals surface area contributed by atoms with E-state index >= 15 is 0 Å². The largest absolute Gasteiger partial charge is 0.314 e. The average Bonchev–Trinajstić information content (AvgIpc) is 2.82. The van der Waals surface area contributed by atoms with Crippen molar-refractivity contribution in [1.82, 2.24) is 14.8 Å². The summed E-state index contributed by atoms with van der Waals surface area (Å²) < 4.78 is 16.7. The topological polar surface area (TPSA) is 30.7 Å². The van der Waals surface area contributed by atoms with Crippen LogP contribution in [-0.4, -0.2) is 14.8 Å². The van der Waals surface area contributed by atoms with Gasteiger partial charge in [-0.15, -0.1) is 10.2 Å². The molecular formula is C18H22FN3. The highest BCUT2D eigenvalue weighted by atomic mass is 19.1. The first kappa shape index (κ1) is 13.9. The number of hydrogen-bond acceptors (Lipinski definition) is 2. The van der Waals surface area contributed by atoms with Crippen LogP contribution in [0.15, 0.2) is 24.3 Å². The Morgan fingerprint density at radius 1 is 0.955 bits per heavy atom. The lowest BCUT2D eigenvalue weighted by Crippen LogP contribution is -2.39. The van der Waals surface area contributed by atoms with E-state index in [-0.39, 0.29) is 11.2 Å². The Balaban J connectivity index is 1.81. The molecule has 2 aliphatic rings. The second kappa shape index (κ2) is 5.49. The molecule has 1 fully saturated rings. The zero-order chi connectivity index (χ0) is 15.0. The first-order valence-electron chi connectivity index (χ1n) is 8.49. The van der Waals surface area contributed by atoms with Crippen molar-refractivity contribution < 1.29 is 4.39 Å². The Morgan fingerprint density at radius 2 is 1.77 bits per heavy atom. The summed E-state index contributed by atoms with van der Waals surface area (Å²) in [5, 5.41) is 8.99. The Kier molecular flexibility index (Phi) is 3.47. The lowest BCUT2D eigenvalue weighted by molar-refractivity contribution is 0.263. The van der Waals surface area contributed by atoms with E-state index in [1.165, 1.54) is 25.7 Å². The first-order valence-corrected chi connectivity index (χ1v) is 8.49. The third-order valence-electron chi connectivity index (χ3n) is 5.38.